The Labute approximate surface area is 123 Å². The molecule has 1 aromatic rings. The van der Waals surface area contributed by atoms with Gasteiger partial charge in [0, 0.05) is 18.0 Å². The van der Waals surface area contributed by atoms with Gasteiger partial charge in [-0.15, -0.1) is 0 Å². The lowest BCUT2D eigenvalue weighted by molar-refractivity contribution is 0.104. The summed E-state index contributed by atoms with van der Waals surface area (Å²) in [5.74, 6) is 1.35. The fraction of sp³-hybridized carbons (Fsp3) is 0.600. The van der Waals surface area contributed by atoms with Crippen LogP contribution >= 0.6 is 0 Å². The van der Waals surface area contributed by atoms with E-state index in [4.69, 9.17) is 15.2 Å². The Hall–Kier alpha value is -1.07. The van der Waals surface area contributed by atoms with Gasteiger partial charge in [0.25, 0.3) is 0 Å². The summed E-state index contributed by atoms with van der Waals surface area (Å²) in [5, 5.41) is 0. The molecule has 1 fully saturated rings. The first-order valence-electron chi connectivity index (χ1n) is 7.23. The number of nitrogens with two attached hydrogens (primary N) is 1. The lowest BCUT2D eigenvalue weighted by Crippen LogP contribution is -2.08. The topological polar surface area (TPSA) is 61.5 Å². The van der Waals surface area contributed by atoms with Gasteiger partial charge in [-0.1, -0.05) is 0 Å². The lowest BCUT2D eigenvalue weighted by atomic mass is 10.1. The molecule has 2 rings (SSSR count). The van der Waals surface area contributed by atoms with Crippen LogP contribution < -0.4 is 10.5 Å². The highest BCUT2D eigenvalue weighted by Gasteiger charge is 2.16. The predicted octanol–water partition coefficient (Wildman–Crippen LogP) is 2.73. The van der Waals surface area contributed by atoms with Gasteiger partial charge in [0.15, 0.2) is 0 Å². The second-order valence-corrected chi connectivity index (χ2v) is 6.50. The molecule has 2 unspecified atom stereocenters. The summed E-state index contributed by atoms with van der Waals surface area (Å²) in [7, 11) is -1.07. The van der Waals surface area contributed by atoms with E-state index in [2.05, 4.69) is 0 Å². The first kappa shape index (κ1) is 15.3. The summed E-state index contributed by atoms with van der Waals surface area (Å²) in [6.45, 7) is 3.39. The minimum absolute atomic E-state index is 0.360. The zero-order valence-corrected chi connectivity index (χ0v) is 12.8. The fourth-order valence-corrected chi connectivity index (χ4v) is 3.62. The zero-order valence-electron chi connectivity index (χ0n) is 12.0. The maximum Gasteiger partial charge on any atom is 0.120 e. The molecule has 0 bridgehead atoms. The van der Waals surface area contributed by atoms with E-state index in [9.17, 15) is 4.21 Å². The van der Waals surface area contributed by atoms with Crippen molar-refractivity contribution in [2.75, 3.05) is 24.7 Å². The summed E-state index contributed by atoms with van der Waals surface area (Å²) < 4.78 is 23.3. The number of hydrogen-bond acceptors (Lipinski definition) is 4. The van der Waals surface area contributed by atoms with Gasteiger partial charge in [-0.25, -0.2) is 0 Å². The third-order valence-electron chi connectivity index (χ3n) is 3.42. The second-order valence-electron chi connectivity index (χ2n) is 4.96. The zero-order chi connectivity index (χ0) is 14.4. The highest BCUT2D eigenvalue weighted by molar-refractivity contribution is 7.85. The van der Waals surface area contributed by atoms with Crippen molar-refractivity contribution < 1.29 is 13.7 Å². The van der Waals surface area contributed by atoms with Crippen molar-refractivity contribution in [1.29, 1.82) is 0 Å². The van der Waals surface area contributed by atoms with E-state index in [1.807, 2.05) is 13.0 Å². The van der Waals surface area contributed by atoms with Gasteiger partial charge in [-0.05, 0) is 50.8 Å². The minimum Gasteiger partial charge on any atom is -0.494 e. The van der Waals surface area contributed by atoms with Gasteiger partial charge in [0.05, 0.1) is 28.4 Å². The Morgan fingerprint density at radius 3 is 3.05 bits per heavy atom. The monoisotopic (exact) mass is 297 g/mol. The largest absolute Gasteiger partial charge is 0.494 e. The maximum absolute atomic E-state index is 12.3. The van der Waals surface area contributed by atoms with Crippen LogP contribution in [0.15, 0.2) is 23.1 Å². The summed E-state index contributed by atoms with van der Waals surface area (Å²) in [6.07, 6.45) is 4.53. The van der Waals surface area contributed by atoms with Crippen LogP contribution in [-0.4, -0.2) is 29.3 Å². The molecule has 1 aliphatic heterocycles. The molecule has 0 aliphatic carbocycles. The van der Waals surface area contributed by atoms with Gasteiger partial charge in [-0.3, -0.25) is 4.21 Å². The van der Waals surface area contributed by atoms with Gasteiger partial charge < -0.3 is 15.2 Å². The van der Waals surface area contributed by atoms with Crippen molar-refractivity contribution in [3.8, 4) is 5.75 Å². The standard InChI is InChI=1S/C15H23NO3S/c1-2-18-13-7-8-14(16)15(11-13)20(17)10-4-6-12-5-3-9-19-12/h7-8,11-12H,2-6,9-10,16H2,1H3. The fourth-order valence-electron chi connectivity index (χ4n) is 2.39. The molecule has 1 aromatic carbocycles. The number of anilines is 1. The van der Waals surface area contributed by atoms with E-state index in [1.54, 1.807) is 12.1 Å². The Kier molecular flexibility index (Phi) is 5.86. The normalized spacial score (nSPS) is 19.9. The number of benzene rings is 1. The number of nitrogen functional groups attached to an aromatic ring is 1. The van der Waals surface area contributed by atoms with E-state index in [0.29, 0.717) is 29.0 Å². The van der Waals surface area contributed by atoms with E-state index < -0.39 is 10.8 Å². The van der Waals surface area contributed by atoms with E-state index in [0.717, 1.165) is 38.0 Å². The van der Waals surface area contributed by atoms with Crippen LogP contribution in [-0.2, 0) is 15.5 Å². The van der Waals surface area contributed by atoms with Crippen molar-refractivity contribution in [3.63, 3.8) is 0 Å². The molecule has 0 radical (unpaired) electrons. The Bertz CT molecular complexity index is 458. The van der Waals surface area contributed by atoms with Crippen LogP contribution in [0.3, 0.4) is 0 Å². The van der Waals surface area contributed by atoms with Crippen molar-refractivity contribution >= 4 is 16.5 Å². The molecular formula is C15H23NO3S. The van der Waals surface area contributed by atoms with Crippen molar-refractivity contribution in [2.45, 2.75) is 43.6 Å². The highest BCUT2D eigenvalue weighted by Crippen LogP contribution is 2.24. The first-order valence-corrected chi connectivity index (χ1v) is 8.55. The van der Waals surface area contributed by atoms with Crippen LogP contribution in [0.2, 0.25) is 0 Å². The number of rotatable bonds is 7. The molecule has 1 saturated heterocycles. The highest BCUT2D eigenvalue weighted by atomic mass is 32.2. The predicted molar refractivity (Wildman–Crippen MR) is 81.5 cm³/mol. The van der Waals surface area contributed by atoms with Gasteiger partial charge in [-0.2, -0.15) is 0 Å². The average molecular weight is 297 g/mol. The quantitative estimate of drug-likeness (QED) is 0.786. The minimum atomic E-state index is -1.07. The molecule has 5 heteroatoms. The maximum atomic E-state index is 12.3. The van der Waals surface area contributed by atoms with Gasteiger partial charge >= 0.3 is 0 Å². The first-order chi connectivity index (χ1) is 9.70. The molecule has 2 atom stereocenters. The molecule has 0 spiro atoms. The number of hydrogen-bond donors (Lipinski definition) is 1. The van der Waals surface area contributed by atoms with Crippen LogP contribution in [0.5, 0.6) is 5.75 Å². The molecule has 0 saturated carbocycles. The summed E-state index contributed by atoms with van der Waals surface area (Å²) in [4.78, 5) is 0.684. The third-order valence-corrected chi connectivity index (χ3v) is 4.92. The average Bonchev–Trinajstić information content (AvgIpc) is 2.94. The molecule has 0 amide bonds. The van der Waals surface area contributed by atoms with Gasteiger partial charge in [0.1, 0.15) is 5.75 Å². The Balaban J connectivity index is 1.88. The van der Waals surface area contributed by atoms with Crippen molar-refractivity contribution in [3.05, 3.63) is 18.2 Å². The van der Waals surface area contributed by atoms with Crippen LogP contribution in [0.1, 0.15) is 32.6 Å². The molecule has 2 N–H and O–H groups in total. The Morgan fingerprint density at radius 1 is 1.50 bits per heavy atom. The smallest absolute Gasteiger partial charge is 0.120 e. The number of ether oxygens (including phenoxy) is 2. The lowest BCUT2D eigenvalue weighted by Gasteiger charge is -2.11. The Morgan fingerprint density at radius 2 is 2.35 bits per heavy atom. The van der Waals surface area contributed by atoms with Crippen LogP contribution in [0.25, 0.3) is 0 Å². The van der Waals surface area contributed by atoms with Gasteiger partial charge in [0.2, 0.25) is 0 Å². The van der Waals surface area contributed by atoms with Crippen molar-refractivity contribution in [2.24, 2.45) is 0 Å². The van der Waals surface area contributed by atoms with E-state index in [-0.39, 0.29) is 0 Å². The molecule has 20 heavy (non-hydrogen) atoms. The molecule has 4 nitrogen and oxygen atoms in total. The molecular weight excluding hydrogens is 274 g/mol. The third kappa shape index (κ3) is 4.21. The van der Waals surface area contributed by atoms with E-state index in [1.165, 1.54) is 0 Å². The van der Waals surface area contributed by atoms with Crippen LogP contribution in [0, 0.1) is 0 Å². The van der Waals surface area contributed by atoms with E-state index >= 15 is 0 Å². The summed E-state index contributed by atoms with van der Waals surface area (Å²) in [6, 6.07) is 5.37. The van der Waals surface area contributed by atoms with Crippen molar-refractivity contribution in [1.82, 2.24) is 0 Å². The summed E-state index contributed by atoms with van der Waals surface area (Å²) >= 11 is 0. The molecule has 0 aromatic heterocycles. The second kappa shape index (κ2) is 7.64. The molecule has 1 aliphatic rings. The molecule has 112 valence electrons. The SMILES string of the molecule is CCOc1ccc(N)c(S(=O)CCCC2CCCO2)c1. The molecule has 1 heterocycles. The van der Waals surface area contributed by atoms with Crippen LogP contribution in [0.4, 0.5) is 5.69 Å². The summed E-state index contributed by atoms with van der Waals surface area (Å²) in [5.41, 5.74) is 6.48.